The minimum Gasteiger partial charge on any atom is -0.481 e. The number of aliphatic carboxylic acids is 1. The van der Waals surface area contributed by atoms with E-state index in [-0.39, 0.29) is 24.8 Å². The molecule has 1 aliphatic carbocycles. The van der Waals surface area contributed by atoms with E-state index >= 15 is 0 Å². The summed E-state index contributed by atoms with van der Waals surface area (Å²) in [6.45, 7) is 3.88. The number of imide groups is 1. The molecule has 0 radical (unpaired) electrons. The largest absolute Gasteiger partial charge is 0.481 e. The van der Waals surface area contributed by atoms with E-state index < -0.39 is 17.4 Å². The van der Waals surface area contributed by atoms with E-state index in [1.807, 2.05) is 13.8 Å². The average Bonchev–Trinajstić information content (AvgIpc) is 2.83. The van der Waals surface area contributed by atoms with Crippen molar-refractivity contribution < 1.29 is 19.5 Å². The molecular weight excluding hydrogens is 272 g/mol. The van der Waals surface area contributed by atoms with Crippen molar-refractivity contribution in [2.24, 2.45) is 5.41 Å². The van der Waals surface area contributed by atoms with Gasteiger partial charge in [-0.2, -0.15) is 0 Å². The van der Waals surface area contributed by atoms with E-state index in [2.05, 4.69) is 5.32 Å². The summed E-state index contributed by atoms with van der Waals surface area (Å²) in [5.41, 5.74) is -0.481. The number of amides is 3. The van der Waals surface area contributed by atoms with Crippen molar-refractivity contribution in [2.75, 3.05) is 7.05 Å². The zero-order chi connectivity index (χ0) is 16.0. The maximum Gasteiger partial charge on any atom is 0.324 e. The SMILES string of the molecule is CCC(C)N(C)C(=O)NC(=O)CC1(CC(=O)O)CCCC1. The van der Waals surface area contributed by atoms with Gasteiger partial charge in [0.15, 0.2) is 0 Å². The van der Waals surface area contributed by atoms with Crippen LogP contribution in [0.3, 0.4) is 0 Å². The molecule has 2 N–H and O–H groups in total. The van der Waals surface area contributed by atoms with Crippen molar-refractivity contribution in [3.63, 3.8) is 0 Å². The molecule has 0 spiro atoms. The maximum atomic E-state index is 12.1. The second kappa shape index (κ2) is 7.43. The van der Waals surface area contributed by atoms with Crippen molar-refractivity contribution in [1.82, 2.24) is 10.2 Å². The number of rotatable bonds is 6. The molecule has 0 aromatic heterocycles. The molecule has 1 fully saturated rings. The number of carbonyl (C=O) groups is 3. The number of hydrogen-bond donors (Lipinski definition) is 2. The van der Waals surface area contributed by atoms with Gasteiger partial charge in [0.25, 0.3) is 0 Å². The van der Waals surface area contributed by atoms with Crippen LogP contribution in [0.25, 0.3) is 0 Å². The molecular formula is C15H26N2O4. The Kier molecular flexibility index (Phi) is 6.18. The van der Waals surface area contributed by atoms with Gasteiger partial charge in [-0.3, -0.25) is 14.9 Å². The average molecular weight is 298 g/mol. The highest BCUT2D eigenvalue weighted by atomic mass is 16.4. The summed E-state index contributed by atoms with van der Waals surface area (Å²) in [4.78, 5) is 36.5. The molecule has 21 heavy (non-hydrogen) atoms. The number of urea groups is 1. The molecule has 0 bridgehead atoms. The fourth-order valence-corrected chi connectivity index (χ4v) is 2.93. The van der Waals surface area contributed by atoms with Crippen LogP contribution in [-0.4, -0.2) is 41.0 Å². The van der Waals surface area contributed by atoms with Crippen LogP contribution in [-0.2, 0) is 9.59 Å². The van der Waals surface area contributed by atoms with Gasteiger partial charge in [0.05, 0.1) is 6.42 Å². The lowest BCUT2D eigenvalue weighted by molar-refractivity contribution is -0.140. The Morgan fingerprint density at radius 3 is 2.29 bits per heavy atom. The van der Waals surface area contributed by atoms with Gasteiger partial charge in [-0.15, -0.1) is 0 Å². The smallest absolute Gasteiger partial charge is 0.324 e. The van der Waals surface area contributed by atoms with Crippen LogP contribution >= 0.6 is 0 Å². The van der Waals surface area contributed by atoms with Gasteiger partial charge in [0.1, 0.15) is 0 Å². The molecule has 0 heterocycles. The van der Waals surface area contributed by atoms with E-state index in [1.165, 1.54) is 4.90 Å². The zero-order valence-corrected chi connectivity index (χ0v) is 13.1. The summed E-state index contributed by atoms with van der Waals surface area (Å²) in [7, 11) is 1.65. The molecule has 0 aromatic carbocycles. The van der Waals surface area contributed by atoms with Crippen LogP contribution in [0.5, 0.6) is 0 Å². The van der Waals surface area contributed by atoms with Crippen molar-refractivity contribution in [1.29, 1.82) is 0 Å². The monoisotopic (exact) mass is 298 g/mol. The zero-order valence-electron chi connectivity index (χ0n) is 13.1. The Labute approximate surface area is 125 Å². The van der Waals surface area contributed by atoms with Gasteiger partial charge in [-0.25, -0.2) is 4.79 Å². The van der Waals surface area contributed by atoms with Gasteiger partial charge in [-0.1, -0.05) is 19.8 Å². The van der Waals surface area contributed by atoms with Gasteiger partial charge in [0, 0.05) is 19.5 Å². The first-order valence-corrected chi connectivity index (χ1v) is 7.58. The molecule has 1 saturated carbocycles. The summed E-state index contributed by atoms with van der Waals surface area (Å²) in [6, 6.07) is -0.366. The highest BCUT2D eigenvalue weighted by Crippen LogP contribution is 2.43. The summed E-state index contributed by atoms with van der Waals surface area (Å²) in [5.74, 6) is -1.26. The van der Waals surface area contributed by atoms with Crippen molar-refractivity contribution in [3.8, 4) is 0 Å². The molecule has 120 valence electrons. The normalized spacial score (nSPS) is 18.0. The summed E-state index contributed by atoms with van der Waals surface area (Å²) >= 11 is 0. The van der Waals surface area contributed by atoms with E-state index in [9.17, 15) is 14.4 Å². The standard InChI is InChI=1S/C15H26N2O4/c1-4-11(2)17(3)14(21)16-12(18)9-15(10-13(19)20)7-5-6-8-15/h11H,4-10H2,1-3H3,(H,19,20)(H,16,18,21). The number of nitrogens with one attached hydrogen (secondary N) is 1. The van der Waals surface area contributed by atoms with E-state index in [1.54, 1.807) is 7.05 Å². The van der Waals surface area contributed by atoms with Crippen molar-refractivity contribution >= 4 is 17.9 Å². The molecule has 0 saturated heterocycles. The highest BCUT2D eigenvalue weighted by Gasteiger charge is 2.38. The maximum absolute atomic E-state index is 12.1. The van der Waals surface area contributed by atoms with Gasteiger partial charge < -0.3 is 10.0 Å². The minimum absolute atomic E-state index is 0.00415. The number of carboxylic acids is 1. The first-order valence-electron chi connectivity index (χ1n) is 7.58. The molecule has 1 aliphatic rings. The Bertz CT molecular complexity index is 402. The predicted octanol–water partition coefficient (Wildman–Crippen LogP) is 2.38. The van der Waals surface area contributed by atoms with Gasteiger partial charge >= 0.3 is 12.0 Å². The number of nitrogens with zero attached hydrogens (tertiary/aromatic N) is 1. The summed E-state index contributed by atoms with van der Waals surface area (Å²) in [6.07, 6.45) is 4.28. The van der Waals surface area contributed by atoms with Gasteiger partial charge in [0.2, 0.25) is 5.91 Å². The third-order valence-corrected chi connectivity index (χ3v) is 4.54. The molecule has 0 aromatic rings. The first kappa shape index (κ1) is 17.5. The molecule has 6 heteroatoms. The van der Waals surface area contributed by atoms with Crippen LogP contribution in [0.1, 0.15) is 58.8 Å². The van der Waals surface area contributed by atoms with E-state index in [4.69, 9.17) is 5.11 Å². The topological polar surface area (TPSA) is 86.7 Å². The number of carbonyl (C=O) groups excluding carboxylic acids is 2. The third-order valence-electron chi connectivity index (χ3n) is 4.54. The van der Waals surface area contributed by atoms with Crippen LogP contribution in [0.15, 0.2) is 0 Å². The van der Waals surface area contributed by atoms with Crippen LogP contribution < -0.4 is 5.32 Å². The third kappa shape index (κ3) is 5.02. The minimum atomic E-state index is -0.882. The molecule has 0 aliphatic heterocycles. The first-order chi connectivity index (χ1) is 9.79. The lowest BCUT2D eigenvalue weighted by Gasteiger charge is -2.28. The Hall–Kier alpha value is -1.59. The predicted molar refractivity (Wildman–Crippen MR) is 78.8 cm³/mol. The van der Waals surface area contributed by atoms with Gasteiger partial charge in [-0.05, 0) is 31.6 Å². The Morgan fingerprint density at radius 2 is 1.81 bits per heavy atom. The molecule has 6 nitrogen and oxygen atoms in total. The molecule has 1 atom stereocenters. The lowest BCUT2D eigenvalue weighted by atomic mass is 9.79. The van der Waals surface area contributed by atoms with E-state index in [0.29, 0.717) is 0 Å². The molecule has 1 rings (SSSR count). The molecule has 3 amide bonds. The fourth-order valence-electron chi connectivity index (χ4n) is 2.93. The van der Waals surface area contributed by atoms with Crippen molar-refractivity contribution in [2.45, 2.75) is 64.8 Å². The Morgan fingerprint density at radius 1 is 1.24 bits per heavy atom. The van der Waals surface area contributed by atoms with Crippen molar-refractivity contribution in [3.05, 3.63) is 0 Å². The Balaban J connectivity index is 2.59. The van der Waals surface area contributed by atoms with Crippen LogP contribution in [0, 0.1) is 5.41 Å². The van der Waals surface area contributed by atoms with E-state index in [0.717, 1.165) is 32.1 Å². The number of hydrogen-bond acceptors (Lipinski definition) is 3. The second-order valence-corrected chi connectivity index (χ2v) is 6.18. The summed E-state index contributed by atoms with van der Waals surface area (Å²) < 4.78 is 0. The second-order valence-electron chi connectivity index (χ2n) is 6.18. The highest BCUT2D eigenvalue weighted by molar-refractivity contribution is 5.94. The summed E-state index contributed by atoms with van der Waals surface area (Å²) in [5, 5.41) is 11.4. The lowest BCUT2D eigenvalue weighted by Crippen LogP contribution is -2.45. The number of carboxylic acid groups (broad SMARTS) is 1. The molecule has 1 unspecified atom stereocenters. The van der Waals surface area contributed by atoms with Crippen LogP contribution in [0.4, 0.5) is 4.79 Å². The quantitative estimate of drug-likeness (QED) is 0.788. The fraction of sp³-hybridized carbons (Fsp3) is 0.800. The van der Waals surface area contributed by atoms with Crippen LogP contribution in [0.2, 0.25) is 0 Å².